The zero-order valence-corrected chi connectivity index (χ0v) is 11.1. The fraction of sp³-hybridized carbons (Fsp3) is 0.538. The van der Waals surface area contributed by atoms with Crippen LogP contribution in [0.3, 0.4) is 0 Å². The van der Waals surface area contributed by atoms with Crippen LogP contribution in [-0.2, 0) is 0 Å². The summed E-state index contributed by atoms with van der Waals surface area (Å²) in [6.07, 6.45) is 0.0321. The van der Waals surface area contributed by atoms with Gasteiger partial charge >= 0.3 is 0 Å². The number of rotatable bonds is 6. The van der Waals surface area contributed by atoms with E-state index in [0.29, 0.717) is 17.1 Å². The van der Waals surface area contributed by atoms with Crippen molar-refractivity contribution in [2.75, 3.05) is 24.3 Å². The zero-order valence-electron chi connectivity index (χ0n) is 11.1. The molecule has 102 valence electrons. The van der Waals surface area contributed by atoms with Crippen LogP contribution in [-0.4, -0.2) is 35.1 Å². The summed E-state index contributed by atoms with van der Waals surface area (Å²) in [5.74, 6) is 0.591. The van der Waals surface area contributed by atoms with E-state index in [0.717, 1.165) is 0 Å². The Morgan fingerprint density at radius 3 is 2.44 bits per heavy atom. The summed E-state index contributed by atoms with van der Waals surface area (Å²) in [4.78, 5) is 0. The molecule has 0 saturated heterocycles. The smallest absolute Gasteiger partial charge is 0.144 e. The van der Waals surface area contributed by atoms with Crippen LogP contribution in [0.25, 0.3) is 0 Å². The SMILES string of the molecule is CC(C)Oc1cccc(NC(C)(CO)CO)c1N. The van der Waals surface area contributed by atoms with E-state index >= 15 is 0 Å². The Morgan fingerprint density at radius 2 is 1.94 bits per heavy atom. The highest BCUT2D eigenvalue weighted by Gasteiger charge is 2.23. The van der Waals surface area contributed by atoms with Crippen LogP contribution in [0.2, 0.25) is 0 Å². The van der Waals surface area contributed by atoms with Crippen LogP contribution in [0, 0.1) is 0 Å². The molecule has 0 unspecified atom stereocenters. The quantitative estimate of drug-likeness (QED) is 0.573. The molecule has 5 N–H and O–H groups in total. The largest absolute Gasteiger partial charge is 0.489 e. The van der Waals surface area contributed by atoms with Crippen molar-refractivity contribution >= 4 is 11.4 Å². The van der Waals surface area contributed by atoms with Crippen molar-refractivity contribution in [2.45, 2.75) is 32.4 Å². The Hall–Kier alpha value is -1.46. The summed E-state index contributed by atoms with van der Waals surface area (Å²) in [7, 11) is 0. The molecule has 0 radical (unpaired) electrons. The Morgan fingerprint density at radius 1 is 1.33 bits per heavy atom. The van der Waals surface area contributed by atoms with Crippen LogP contribution in [0.1, 0.15) is 20.8 Å². The maximum absolute atomic E-state index is 9.26. The predicted molar refractivity (Wildman–Crippen MR) is 72.8 cm³/mol. The Labute approximate surface area is 108 Å². The summed E-state index contributed by atoms with van der Waals surface area (Å²) in [6, 6.07) is 5.38. The van der Waals surface area contributed by atoms with Crippen molar-refractivity contribution in [3.05, 3.63) is 18.2 Å². The first-order chi connectivity index (χ1) is 8.41. The molecular formula is C13H22N2O3. The van der Waals surface area contributed by atoms with Crippen LogP contribution in [0.5, 0.6) is 5.75 Å². The lowest BCUT2D eigenvalue weighted by Crippen LogP contribution is -2.42. The van der Waals surface area contributed by atoms with Gasteiger partial charge in [0.25, 0.3) is 0 Å². The van der Waals surface area contributed by atoms with E-state index in [-0.39, 0.29) is 19.3 Å². The molecule has 0 atom stereocenters. The number of aliphatic hydroxyl groups is 2. The van der Waals surface area contributed by atoms with Gasteiger partial charge in [0.1, 0.15) is 5.75 Å². The van der Waals surface area contributed by atoms with Gasteiger partial charge in [0, 0.05) is 0 Å². The molecule has 18 heavy (non-hydrogen) atoms. The fourth-order valence-corrected chi connectivity index (χ4v) is 1.46. The fourth-order valence-electron chi connectivity index (χ4n) is 1.46. The second-order valence-electron chi connectivity index (χ2n) is 4.89. The molecule has 0 bridgehead atoms. The van der Waals surface area contributed by atoms with E-state index in [4.69, 9.17) is 10.5 Å². The number of aliphatic hydroxyl groups excluding tert-OH is 2. The standard InChI is InChI=1S/C13H22N2O3/c1-9(2)18-11-6-4-5-10(12(11)14)15-13(3,7-16)8-17/h4-6,9,15-17H,7-8,14H2,1-3H3. The maximum atomic E-state index is 9.26. The van der Waals surface area contributed by atoms with Gasteiger partial charge in [0.2, 0.25) is 0 Å². The number of anilines is 2. The highest BCUT2D eigenvalue weighted by molar-refractivity contribution is 5.73. The number of ether oxygens (including phenoxy) is 1. The molecular weight excluding hydrogens is 232 g/mol. The van der Waals surface area contributed by atoms with Gasteiger partial charge in [-0.05, 0) is 32.9 Å². The molecule has 1 aromatic carbocycles. The number of hydrogen-bond acceptors (Lipinski definition) is 5. The van der Waals surface area contributed by atoms with Gasteiger partial charge in [-0.1, -0.05) is 6.07 Å². The van der Waals surface area contributed by atoms with Crippen molar-refractivity contribution in [3.8, 4) is 5.75 Å². The Balaban J connectivity index is 2.96. The van der Waals surface area contributed by atoms with Crippen molar-refractivity contribution in [1.29, 1.82) is 0 Å². The lowest BCUT2D eigenvalue weighted by Gasteiger charge is -2.28. The van der Waals surface area contributed by atoms with Gasteiger partial charge in [0.15, 0.2) is 0 Å². The van der Waals surface area contributed by atoms with Crippen molar-refractivity contribution in [2.24, 2.45) is 0 Å². The lowest BCUT2D eigenvalue weighted by molar-refractivity contribution is 0.147. The van der Waals surface area contributed by atoms with Crippen LogP contribution >= 0.6 is 0 Å². The van der Waals surface area contributed by atoms with Crippen molar-refractivity contribution in [1.82, 2.24) is 0 Å². The summed E-state index contributed by atoms with van der Waals surface area (Å²) >= 11 is 0. The molecule has 0 amide bonds. The molecule has 0 spiro atoms. The molecule has 0 aromatic heterocycles. The minimum atomic E-state index is -0.815. The van der Waals surface area contributed by atoms with E-state index in [1.807, 2.05) is 19.9 Å². The van der Waals surface area contributed by atoms with Gasteiger partial charge in [-0.2, -0.15) is 0 Å². The van der Waals surface area contributed by atoms with E-state index < -0.39 is 5.54 Å². The van der Waals surface area contributed by atoms with E-state index in [1.54, 1.807) is 19.1 Å². The predicted octanol–water partition coefficient (Wildman–Crippen LogP) is 1.21. The molecule has 0 saturated carbocycles. The number of benzene rings is 1. The van der Waals surface area contributed by atoms with Crippen molar-refractivity contribution < 1.29 is 14.9 Å². The van der Waals surface area contributed by atoms with Gasteiger partial charge in [-0.3, -0.25) is 0 Å². The molecule has 1 aromatic rings. The number of nitrogen functional groups attached to an aromatic ring is 1. The summed E-state index contributed by atoms with van der Waals surface area (Å²) in [5, 5.41) is 21.5. The zero-order chi connectivity index (χ0) is 13.8. The Kier molecular flexibility index (Phi) is 4.81. The third-order valence-corrected chi connectivity index (χ3v) is 2.56. The van der Waals surface area contributed by atoms with Crippen LogP contribution in [0.15, 0.2) is 18.2 Å². The Bertz CT molecular complexity index is 390. The average molecular weight is 254 g/mol. The van der Waals surface area contributed by atoms with Crippen LogP contribution < -0.4 is 15.8 Å². The topological polar surface area (TPSA) is 87.7 Å². The van der Waals surface area contributed by atoms with E-state index in [2.05, 4.69) is 5.32 Å². The number of hydrogen-bond donors (Lipinski definition) is 4. The summed E-state index contributed by atoms with van der Waals surface area (Å²) in [6.45, 7) is 5.16. The number of para-hydroxylation sites is 1. The minimum Gasteiger partial charge on any atom is -0.489 e. The minimum absolute atomic E-state index is 0.0321. The molecule has 0 aliphatic carbocycles. The first-order valence-electron chi connectivity index (χ1n) is 5.97. The molecule has 0 fully saturated rings. The summed E-state index contributed by atoms with van der Waals surface area (Å²) < 4.78 is 5.58. The molecule has 5 heteroatoms. The van der Waals surface area contributed by atoms with Crippen LogP contribution in [0.4, 0.5) is 11.4 Å². The second kappa shape index (κ2) is 5.93. The average Bonchev–Trinajstić information content (AvgIpc) is 2.33. The highest BCUT2D eigenvalue weighted by atomic mass is 16.5. The third-order valence-electron chi connectivity index (χ3n) is 2.56. The van der Waals surface area contributed by atoms with E-state index in [9.17, 15) is 10.2 Å². The van der Waals surface area contributed by atoms with Crippen molar-refractivity contribution in [3.63, 3.8) is 0 Å². The van der Waals surface area contributed by atoms with E-state index in [1.165, 1.54) is 0 Å². The van der Waals surface area contributed by atoms with Gasteiger partial charge in [-0.25, -0.2) is 0 Å². The van der Waals surface area contributed by atoms with Gasteiger partial charge in [-0.15, -0.1) is 0 Å². The first-order valence-corrected chi connectivity index (χ1v) is 5.97. The molecule has 0 aliphatic heterocycles. The lowest BCUT2D eigenvalue weighted by atomic mass is 10.0. The first kappa shape index (κ1) is 14.6. The third kappa shape index (κ3) is 3.51. The summed E-state index contributed by atoms with van der Waals surface area (Å²) in [5.41, 5.74) is 6.29. The van der Waals surface area contributed by atoms with Gasteiger partial charge in [0.05, 0.1) is 36.2 Å². The highest BCUT2D eigenvalue weighted by Crippen LogP contribution is 2.31. The molecule has 0 heterocycles. The monoisotopic (exact) mass is 254 g/mol. The second-order valence-corrected chi connectivity index (χ2v) is 4.89. The normalized spacial score (nSPS) is 11.7. The molecule has 5 nitrogen and oxygen atoms in total. The maximum Gasteiger partial charge on any atom is 0.144 e. The number of nitrogens with one attached hydrogen (secondary N) is 1. The molecule has 1 rings (SSSR count). The molecule has 0 aliphatic rings. The number of nitrogens with two attached hydrogens (primary N) is 1. The van der Waals surface area contributed by atoms with Gasteiger partial charge < -0.3 is 26.0 Å².